The second kappa shape index (κ2) is 13.8. The molecule has 232 valence electrons. The number of ether oxygens (including phenoxy) is 2. The van der Waals surface area contributed by atoms with Crippen molar-refractivity contribution in [3.8, 4) is 0 Å². The van der Waals surface area contributed by atoms with Gasteiger partial charge in [-0.15, -0.1) is 0 Å². The van der Waals surface area contributed by atoms with Crippen LogP contribution in [0.2, 0.25) is 54.4 Å². The molecular formula is C30H64O6Si3. The molecule has 0 aliphatic heterocycles. The van der Waals surface area contributed by atoms with Crippen molar-refractivity contribution in [1.29, 1.82) is 0 Å². The predicted octanol–water partition coefficient (Wildman–Crippen LogP) is 8.56. The normalized spacial score (nSPS) is 17.8. The van der Waals surface area contributed by atoms with E-state index in [2.05, 4.69) is 128 Å². The summed E-state index contributed by atoms with van der Waals surface area (Å²) in [4.78, 5) is 13.2. The van der Waals surface area contributed by atoms with Crippen molar-refractivity contribution in [2.45, 2.75) is 155 Å². The Kier molecular flexibility index (Phi) is 13.7. The van der Waals surface area contributed by atoms with Gasteiger partial charge >= 0.3 is 5.97 Å². The van der Waals surface area contributed by atoms with Gasteiger partial charge in [0.05, 0.1) is 13.2 Å². The molecule has 0 radical (unpaired) electrons. The lowest BCUT2D eigenvalue weighted by molar-refractivity contribution is -0.165. The summed E-state index contributed by atoms with van der Waals surface area (Å²) in [5.74, 6) is -0.147. The van der Waals surface area contributed by atoms with Gasteiger partial charge in [0.15, 0.2) is 31.1 Å². The molecule has 0 aliphatic carbocycles. The van der Waals surface area contributed by atoms with E-state index in [-0.39, 0.29) is 15.1 Å². The number of carbonyl (C=O) groups is 1. The Balaban J connectivity index is 7.48. The van der Waals surface area contributed by atoms with E-state index in [1.807, 2.05) is 0 Å². The maximum atomic E-state index is 13.2. The highest BCUT2D eigenvalue weighted by Crippen LogP contribution is 2.44. The third kappa shape index (κ3) is 10.8. The second-order valence-corrected chi connectivity index (χ2v) is 30.1. The molecule has 0 aromatic rings. The lowest BCUT2D eigenvalue weighted by atomic mass is 10.0. The van der Waals surface area contributed by atoms with Crippen LogP contribution in [-0.2, 0) is 27.5 Å². The van der Waals surface area contributed by atoms with Crippen LogP contribution >= 0.6 is 0 Å². The van der Waals surface area contributed by atoms with Gasteiger partial charge in [-0.2, -0.15) is 0 Å². The fraction of sp³-hybridized carbons (Fsp3) is 0.900. The van der Waals surface area contributed by atoms with Crippen LogP contribution in [-0.4, -0.2) is 69.6 Å². The molecule has 0 amide bonds. The third-order valence-corrected chi connectivity index (χ3v) is 22.5. The highest BCUT2D eigenvalue weighted by atomic mass is 28.4. The topological polar surface area (TPSA) is 63.2 Å². The minimum atomic E-state index is -2.40. The van der Waals surface area contributed by atoms with E-state index >= 15 is 0 Å². The van der Waals surface area contributed by atoms with Gasteiger partial charge in [0.25, 0.3) is 0 Å². The smallest absolute Gasteiger partial charge is 0.337 e. The van der Waals surface area contributed by atoms with Crippen molar-refractivity contribution < 1.29 is 27.5 Å². The minimum Gasteiger partial charge on any atom is -0.467 e. The summed E-state index contributed by atoms with van der Waals surface area (Å²) in [6.45, 7) is 37.7. The number of methoxy groups -OCH3 is 2. The SMILES string of the molecule is COC(=O)[C@@H](OC)[C@@H](O[Si](C)(C)C(C)(C)C)[C@H](O[Si](C)(C)C(C)(C)C)[C@H](/C=C\C(C)C)O[Si](C)(C)C(C)(C)C. The molecule has 0 spiro atoms. The predicted molar refractivity (Wildman–Crippen MR) is 173 cm³/mol. The molecule has 6 nitrogen and oxygen atoms in total. The zero-order valence-corrected chi connectivity index (χ0v) is 32.0. The Bertz CT molecular complexity index is 801. The van der Waals surface area contributed by atoms with E-state index in [0.717, 1.165) is 0 Å². The summed E-state index contributed by atoms with van der Waals surface area (Å²) in [6, 6.07) is 0. The highest BCUT2D eigenvalue weighted by Gasteiger charge is 2.52. The number of rotatable bonds is 13. The van der Waals surface area contributed by atoms with Crippen LogP contribution in [0.5, 0.6) is 0 Å². The number of hydrogen-bond donors (Lipinski definition) is 0. The highest BCUT2D eigenvalue weighted by molar-refractivity contribution is 6.75. The van der Waals surface area contributed by atoms with Gasteiger partial charge in [-0.3, -0.25) is 0 Å². The zero-order valence-electron chi connectivity index (χ0n) is 29.0. The van der Waals surface area contributed by atoms with Gasteiger partial charge in [-0.05, 0) is 60.3 Å². The summed E-state index contributed by atoms with van der Waals surface area (Å²) in [5, 5.41) is -0.175. The minimum absolute atomic E-state index is 0.0166. The fourth-order valence-corrected chi connectivity index (χ4v) is 7.04. The van der Waals surface area contributed by atoms with Gasteiger partial charge in [-0.25, -0.2) is 4.79 Å². The average Bonchev–Trinajstić information content (AvgIpc) is 2.72. The fourth-order valence-electron chi connectivity index (χ4n) is 3.20. The van der Waals surface area contributed by atoms with Gasteiger partial charge in [0.1, 0.15) is 12.2 Å². The quantitative estimate of drug-likeness (QED) is 0.119. The van der Waals surface area contributed by atoms with E-state index in [1.165, 1.54) is 7.11 Å². The number of carbonyl (C=O) groups excluding carboxylic acids is 1. The standard InChI is InChI=1S/C30H64O6Si3/c1-22(2)20-21-23(34-37(14,15)28(3,4)5)24(35-38(16,17)29(6,7)8)25(26(32-12)27(31)33-13)36-39(18,19)30(9,10)11/h20-26H,1-19H3/b21-20-/t23-,24+,25-,26-/m0/s1. The largest absolute Gasteiger partial charge is 0.467 e. The molecule has 0 bridgehead atoms. The van der Waals surface area contributed by atoms with Gasteiger partial charge in [0, 0.05) is 7.11 Å². The number of esters is 1. The molecule has 39 heavy (non-hydrogen) atoms. The summed E-state index contributed by atoms with van der Waals surface area (Å²) in [7, 11) is -4.09. The summed E-state index contributed by atoms with van der Waals surface area (Å²) in [5.41, 5.74) is 0. The first-order chi connectivity index (χ1) is 17.1. The molecule has 0 N–H and O–H groups in total. The summed E-state index contributed by atoms with van der Waals surface area (Å²) < 4.78 is 32.6. The first-order valence-electron chi connectivity index (χ1n) is 14.5. The van der Waals surface area contributed by atoms with E-state index in [9.17, 15) is 4.79 Å². The molecule has 0 unspecified atom stereocenters. The molecule has 0 aliphatic rings. The molecular weight excluding hydrogens is 541 g/mol. The van der Waals surface area contributed by atoms with Gasteiger partial charge < -0.3 is 22.8 Å². The van der Waals surface area contributed by atoms with E-state index in [4.69, 9.17) is 22.8 Å². The Morgan fingerprint density at radius 1 is 0.615 bits per heavy atom. The molecule has 0 saturated heterocycles. The van der Waals surface area contributed by atoms with Crippen molar-refractivity contribution in [3.05, 3.63) is 12.2 Å². The van der Waals surface area contributed by atoms with Gasteiger partial charge in [-0.1, -0.05) is 88.3 Å². The summed E-state index contributed by atoms with van der Waals surface area (Å²) >= 11 is 0. The maximum absolute atomic E-state index is 13.2. The van der Waals surface area contributed by atoms with Crippen molar-refractivity contribution in [2.24, 2.45) is 5.92 Å². The lowest BCUT2D eigenvalue weighted by Crippen LogP contribution is -2.61. The summed E-state index contributed by atoms with van der Waals surface area (Å²) in [6.07, 6.45) is 1.62. The monoisotopic (exact) mass is 604 g/mol. The van der Waals surface area contributed by atoms with Crippen molar-refractivity contribution in [2.75, 3.05) is 14.2 Å². The van der Waals surface area contributed by atoms with Gasteiger partial charge in [0.2, 0.25) is 0 Å². The van der Waals surface area contributed by atoms with Crippen LogP contribution in [0.3, 0.4) is 0 Å². The Labute approximate surface area is 245 Å². The van der Waals surface area contributed by atoms with Crippen molar-refractivity contribution in [1.82, 2.24) is 0 Å². The molecule has 0 heterocycles. The molecule has 0 rings (SSSR count). The average molecular weight is 605 g/mol. The maximum Gasteiger partial charge on any atom is 0.337 e. The van der Waals surface area contributed by atoms with Crippen LogP contribution in [0.25, 0.3) is 0 Å². The van der Waals surface area contributed by atoms with E-state index in [0.29, 0.717) is 5.92 Å². The molecule has 0 aromatic carbocycles. The second-order valence-electron chi connectivity index (χ2n) is 15.8. The number of hydrogen-bond acceptors (Lipinski definition) is 6. The van der Waals surface area contributed by atoms with Crippen LogP contribution in [0.15, 0.2) is 12.2 Å². The van der Waals surface area contributed by atoms with E-state index < -0.39 is 55.3 Å². The molecule has 0 fully saturated rings. The lowest BCUT2D eigenvalue weighted by Gasteiger charge is -2.49. The van der Waals surface area contributed by atoms with Crippen LogP contribution in [0.4, 0.5) is 0 Å². The first-order valence-corrected chi connectivity index (χ1v) is 23.2. The van der Waals surface area contributed by atoms with Crippen molar-refractivity contribution >= 4 is 30.9 Å². The van der Waals surface area contributed by atoms with Crippen molar-refractivity contribution in [3.63, 3.8) is 0 Å². The number of allylic oxidation sites excluding steroid dienone is 1. The molecule has 9 heteroatoms. The van der Waals surface area contributed by atoms with Crippen LogP contribution in [0.1, 0.15) is 76.2 Å². The zero-order chi connectivity index (χ0) is 31.4. The first kappa shape index (κ1) is 38.7. The molecule has 0 aromatic heterocycles. The third-order valence-electron chi connectivity index (χ3n) is 9.03. The Morgan fingerprint density at radius 2 is 0.974 bits per heavy atom. The van der Waals surface area contributed by atoms with E-state index in [1.54, 1.807) is 7.11 Å². The Morgan fingerprint density at radius 3 is 1.28 bits per heavy atom. The van der Waals surface area contributed by atoms with Crippen LogP contribution < -0.4 is 0 Å². The molecule has 4 atom stereocenters. The van der Waals surface area contributed by atoms with Crippen LogP contribution in [0, 0.1) is 5.92 Å². The Hall–Kier alpha value is -0.299. The molecule has 0 saturated carbocycles.